The van der Waals surface area contributed by atoms with E-state index >= 15 is 0 Å². The van der Waals surface area contributed by atoms with Crippen molar-refractivity contribution in [2.24, 2.45) is 0 Å². The molecule has 1 atom stereocenters. The van der Waals surface area contributed by atoms with Crippen LogP contribution in [0.2, 0.25) is 0 Å². The molecule has 1 aliphatic rings. The van der Waals surface area contributed by atoms with Crippen LogP contribution in [0.4, 0.5) is 17.6 Å². The second kappa shape index (κ2) is 8.82. The molecule has 1 saturated heterocycles. The van der Waals surface area contributed by atoms with Gasteiger partial charge in [-0.25, -0.2) is 9.07 Å². The van der Waals surface area contributed by atoms with Gasteiger partial charge in [-0.05, 0) is 67.9 Å². The molecule has 37 heavy (non-hydrogen) atoms. The zero-order valence-electron chi connectivity index (χ0n) is 19.5. The summed E-state index contributed by atoms with van der Waals surface area (Å²) in [7, 11) is -2.75. The molecule has 7 nitrogen and oxygen atoms in total. The standard InChI is InChI=1S/C25H22F4N4O3S/c1-24(9-11-37(35,36)14-24)31-23(34)16-2-7-19-20(12-16)33(18-5-3-17(26)4-6-18)32-22(19)15-8-10-30-21(13-15)25(27,28)29/h2-8,10,12-13,35-36H,9,11,14H2,1H3,(H,31,34). The van der Waals surface area contributed by atoms with E-state index in [1.54, 1.807) is 19.1 Å². The van der Waals surface area contributed by atoms with Crippen molar-refractivity contribution in [3.05, 3.63) is 77.9 Å². The first-order valence-electron chi connectivity index (χ1n) is 11.2. The van der Waals surface area contributed by atoms with Crippen LogP contribution in [-0.4, -0.2) is 46.8 Å². The van der Waals surface area contributed by atoms with Crippen LogP contribution in [0.1, 0.15) is 29.4 Å². The van der Waals surface area contributed by atoms with Gasteiger partial charge in [0.05, 0.1) is 22.5 Å². The predicted octanol–water partition coefficient (Wildman–Crippen LogP) is 5.89. The summed E-state index contributed by atoms with van der Waals surface area (Å²) in [4.78, 5) is 16.5. The summed E-state index contributed by atoms with van der Waals surface area (Å²) < 4.78 is 74.9. The first-order chi connectivity index (χ1) is 17.3. The molecule has 0 radical (unpaired) electrons. The monoisotopic (exact) mass is 534 g/mol. The number of hydrogen-bond acceptors (Lipinski definition) is 5. The molecule has 1 fully saturated rings. The van der Waals surface area contributed by atoms with E-state index in [9.17, 15) is 31.5 Å². The molecule has 5 rings (SSSR count). The molecule has 3 heterocycles. The zero-order chi connectivity index (χ0) is 26.6. The Labute approximate surface area is 210 Å². The summed E-state index contributed by atoms with van der Waals surface area (Å²) >= 11 is 0. The summed E-state index contributed by atoms with van der Waals surface area (Å²) in [5.41, 5.74) is -0.348. The van der Waals surface area contributed by atoms with Crippen molar-refractivity contribution < 1.29 is 31.5 Å². The number of amides is 1. The lowest BCUT2D eigenvalue weighted by molar-refractivity contribution is -0.141. The first-order valence-corrected chi connectivity index (χ1v) is 13.1. The molecule has 1 aliphatic heterocycles. The topological polar surface area (TPSA) is 100 Å². The third kappa shape index (κ3) is 5.04. The molecular formula is C25H22F4N4O3S. The third-order valence-corrected chi connectivity index (χ3v) is 8.24. The molecule has 1 amide bonds. The molecule has 12 heteroatoms. The average Bonchev–Trinajstić information content (AvgIpc) is 3.35. The number of pyridine rings is 1. The fraction of sp³-hybridized carbons (Fsp3) is 0.240. The van der Waals surface area contributed by atoms with E-state index in [0.29, 0.717) is 23.0 Å². The Balaban J connectivity index is 1.61. The van der Waals surface area contributed by atoms with Crippen molar-refractivity contribution in [1.82, 2.24) is 20.1 Å². The summed E-state index contributed by atoms with van der Waals surface area (Å²) in [6, 6.07) is 12.4. The molecule has 2 aromatic carbocycles. The van der Waals surface area contributed by atoms with Gasteiger partial charge >= 0.3 is 6.18 Å². The SMILES string of the molecule is CC1(NC(=O)c2ccc3c(-c4ccnc(C(F)(F)F)c4)nn(-c4ccc(F)cc4)c3c2)CCS(O)(O)C1. The minimum atomic E-state index is -4.64. The van der Waals surface area contributed by atoms with E-state index in [2.05, 4.69) is 15.4 Å². The van der Waals surface area contributed by atoms with Crippen LogP contribution < -0.4 is 5.32 Å². The van der Waals surface area contributed by atoms with Gasteiger partial charge in [0.1, 0.15) is 17.2 Å². The zero-order valence-corrected chi connectivity index (χ0v) is 20.3. The summed E-state index contributed by atoms with van der Waals surface area (Å²) in [6.07, 6.45) is -3.19. The Morgan fingerprint density at radius 3 is 2.49 bits per heavy atom. The Hall–Kier alpha value is -3.48. The number of alkyl halides is 3. The Morgan fingerprint density at radius 1 is 1.11 bits per heavy atom. The molecule has 0 bridgehead atoms. The molecule has 3 N–H and O–H groups in total. The number of nitrogens with zero attached hydrogens (tertiary/aromatic N) is 3. The number of halogens is 4. The third-order valence-electron chi connectivity index (χ3n) is 6.28. The lowest BCUT2D eigenvalue weighted by atomic mass is 10.0. The van der Waals surface area contributed by atoms with E-state index in [0.717, 1.165) is 12.3 Å². The van der Waals surface area contributed by atoms with Crippen molar-refractivity contribution in [2.75, 3.05) is 11.5 Å². The molecule has 0 spiro atoms. The number of aromatic nitrogens is 3. The van der Waals surface area contributed by atoms with Crippen LogP contribution in [0, 0.1) is 5.82 Å². The number of nitrogens with one attached hydrogen (secondary N) is 1. The summed E-state index contributed by atoms with van der Waals surface area (Å²) in [6.45, 7) is 1.74. The van der Waals surface area contributed by atoms with E-state index < -0.39 is 39.7 Å². The van der Waals surface area contributed by atoms with Gasteiger partial charge in [0.15, 0.2) is 0 Å². The van der Waals surface area contributed by atoms with Crippen LogP contribution in [0.3, 0.4) is 0 Å². The summed E-state index contributed by atoms with van der Waals surface area (Å²) in [5.74, 6) is -0.664. The molecule has 1 unspecified atom stereocenters. The highest BCUT2D eigenvalue weighted by atomic mass is 32.3. The molecule has 194 valence electrons. The number of carbonyl (C=O) groups excluding carboxylic acids is 1. The summed E-state index contributed by atoms with van der Waals surface area (Å²) in [5, 5.41) is 7.87. The number of hydrogen-bond donors (Lipinski definition) is 3. The lowest BCUT2D eigenvalue weighted by Crippen LogP contribution is -2.46. The largest absolute Gasteiger partial charge is 0.433 e. The molecule has 0 aliphatic carbocycles. The lowest BCUT2D eigenvalue weighted by Gasteiger charge is -2.30. The Bertz CT molecular complexity index is 1500. The van der Waals surface area contributed by atoms with Gasteiger partial charge in [0, 0.05) is 28.5 Å². The number of fused-ring (bicyclic) bond motifs is 1. The minimum absolute atomic E-state index is 0.0508. The van der Waals surface area contributed by atoms with Crippen molar-refractivity contribution in [1.29, 1.82) is 0 Å². The first kappa shape index (κ1) is 25.2. The number of carbonyl (C=O) groups is 1. The Kier molecular flexibility index (Phi) is 6.00. The van der Waals surface area contributed by atoms with Crippen molar-refractivity contribution >= 4 is 27.4 Å². The maximum Gasteiger partial charge on any atom is 0.433 e. The van der Waals surface area contributed by atoms with Gasteiger partial charge in [0.25, 0.3) is 5.91 Å². The van der Waals surface area contributed by atoms with Crippen LogP contribution in [0.5, 0.6) is 0 Å². The van der Waals surface area contributed by atoms with Crippen LogP contribution >= 0.6 is 10.6 Å². The van der Waals surface area contributed by atoms with Gasteiger partial charge in [-0.2, -0.15) is 28.9 Å². The van der Waals surface area contributed by atoms with Gasteiger partial charge in [-0.15, -0.1) is 0 Å². The van der Waals surface area contributed by atoms with Gasteiger partial charge in [0.2, 0.25) is 0 Å². The Morgan fingerprint density at radius 2 is 1.84 bits per heavy atom. The molecule has 0 saturated carbocycles. The van der Waals surface area contributed by atoms with Crippen molar-refractivity contribution in [3.63, 3.8) is 0 Å². The second-order valence-corrected chi connectivity index (χ2v) is 11.6. The van der Waals surface area contributed by atoms with Crippen molar-refractivity contribution in [3.8, 4) is 16.9 Å². The smallest absolute Gasteiger partial charge is 0.345 e. The van der Waals surface area contributed by atoms with Gasteiger partial charge in [-0.3, -0.25) is 18.9 Å². The highest BCUT2D eigenvalue weighted by Crippen LogP contribution is 2.50. The van der Waals surface area contributed by atoms with Gasteiger partial charge < -0.3 is 5.32 Å². The minimum Gasteiger partial charge on any atom is -0.345 e. The second-order valence-electron chi connectivity index (χ2n) is 9.31. The van der Waals surface area contributed by atoms with Crippen LogP contribution in [-0.2, 0) is 6.18 Å². The quantitative estimate of drug-likeness (QED) is 0.284. The van der Waals surface area contributed by atoms with E-state index in [4.69, 9.17) is 0 Å². The number of benzene rings is 2. The van der Waals surface area contributed by atoms with Gasteiger partial charge in [-0.1, -0.05) is 0 Å². The van der Waals surface area contributed by atoms with E-state index in [1.165, 1.54) is 41.1 Å². The predicted molar refractivity (Wildman–Crippen MR) is 132 cm³/mol. The molecule has 2 aromatic heterocycles. The molecule has 4 aromatic rings. The molecular weight excluding hydrogens is 512 g/mol. The van der Waals surface area contributed by atoms with E-state index in [1.807, 2.05) is 0 Å². The fourth-order valence-electron chi connectivity index (χ4n) is 4.47. The average molecular weight is 535 g/mol. The van der Waals surface area contributed by atoms with Crippen LogP contribution in [0.25, 0.3) is 27.8 Å². The highest BCUT2D eigenvalue weighted by Gasteiger charge is 2.39. The van der Waals surface area contributed by atoms with Crippen LogP contribution in [0.15, 0.2) is 60.8 Å². The maximum atomic E-state index is 13.6. The van der Waals surface area contributed by atoms with Crippen molar-refractivity contribution in [2.45, 2.75) is 25.1 Å². The number of rotatable bonds is 4. The highest BCUT2D eigenvalue weighted by molar-refractivity contribution is 8.24. The maximum absolute atomic E-state index is 13.6. The fourth-order valence-corrected chi connectivity index (χ4v) is 6.63. The van der Waals surface area contributed by atoms with E-state index in [-0.39, 0.29) is 28.3 Å². The normalized spacial score (nSPS) is 20.2.